The van der Waals surface area contributed by atoms with Gasteiger partial charge in [-0.2, -0.15) is 0 Å². The van der Waals surface area contributed by atoms with E-state index in [-0.39, 0.29) is 114 Å². The number of nitrogens with two attached hydrogens (primary N) is 7. The summed E-state index contributed by atoms with van der Waals surface area (Å²) in [5.41, 5.74) is 43.7. The molecule has 0 bridgehead atoms. The lowest BCUT2D eigenvalue weighted by Crippen LogP contribution is -2.62. The second-order valence-corrected chi connectivity index (χ2v) is 27.1. The predicted octanol–water partition coefficient (Wildman–Crippen LogP) is 0.271. The summed E-state index contributed by atoms with van der Waals surface area (Å²) in [6.45, 7) is 11.2. The number of aliphatic imine (C=N–C) groups is 2. The number of phenolic OH excluding ortho intramolecular Hbond substituents is 1. The fourth-order valence-electron chi connectivity index (χ4n) is 11.8. The maximum absolute atomic E-state index is 15.1. The fraction of sp³-hybridized carbons (Fsp3) is 0.528. The molecule has 0 spiro atoms. The Hall–Kier alpha value is -10.3. The number of amides is 9. The van der Waals surface area contributed by atoms with Crippen LogP contribution in [0.15, 0.2) is 95.2 Å². The number of hydrogen-bond acceptors (Lipinski definition) is 16. The van der Waals surface area contributed by atoms with Gasteiger partial charge in [-0.3, -0.25) is 53.1 Å². The molecule has 2 heterocycles. The van der Waals surface area contributed by atoms with Gasteiger partial charge in [-0.05, 0) is 149 Å². The van der Waals surface area contributed by atoms with Gasteiger partial charge < -0.3 is 108 Å². The van der Waals surface area contributed by atoms with Crippen LogP contribution in [0.2, 0.25) is 0 Å². The number of carboxylic acids is 1. The number of aliphatic carboxylic acids is 1. The van der Waals surface area contributed by atoms with E-state index in [1.54, 1.807) is 33.2 Å². The van der Waals surface area contributed by atoms with Crippen LogP contribution in [-0.2, 0) is 67.2 Å². The van der Waals surface area contributed by atoms with Gasteiger partial charge in [-0.1, -0.05) is 96.5 Å². The molecular weight excluding hydrogens is 1340 g/mol. The van der Waals surface area contributed by atoms with Gasteiger partial charge in [-0.15, -0.1) is 0 Å². The number of para-hydroxylation sites is 2. The second-order valence-electron chi connectivity index (χ2n) is 27.1. The number of carbonyl (C=O) groups excluding carboxylic acids is 9. The highest BCUT2D eigenvalue weighted by atomic mass is 16.4. The Morgan fingerprint density at radius 2 is 0.846 bits per heavy atom. The van der Waals surface area contributed by atoms with Crippen molar-refractivity contribution in [1.29, 1.82) is 0 Å². The fourth-order valence-corrected chi connectivity index (χ4v) is 11.8. The number of rotatable bonds is 46. The van der Waals surface area contributed by atoms with Crippen LogP contribution in [0.25, 0.3) is 21.8 Å². The molecule has 5 rings (SSSR count). The molecule has 0 saturated carbocycles. The van der Waals surface area contributed by atoms with Crippen molar-refractivity contribution in [3.05, 3.63) is 102 Å². The number of carboxylic acid groups (broad SMARTS) is 1. The Kier molecular flexibility index (Phi) is 34.8. The van der Waals surface area contributed by atoms with E-state index in [1.807, 2.05) is 69.3 Å². The zero-order valence-electron chi connectivity index (χ0n) is 60.4. The minimum absolute atomic E-state index is 0.00344. The second kappa shape index (κ2) is 42.9. The molecule has 27 N–H and O–H groups in total. The summed E-state index contributed by atoms with van der Waals surface area (Å²) >= 11 is 0. The van der Waals surface area contributed by atoms with Gasteiger partial charge in [0.05, 0.1) is 6.04 Å². The first-order chi connectivity index (χ1) is 49.5. The SMILES string of the molecule is CC[C@H](C)[C@H](NC(=O)[C@H](CC(C)C)NC(=O)[C@@H](N)Cc1c[nH]c2ccccc12)C(=O)N[C@@H](Cc1c[nH]c2ccccc12)C(=O)N[C@H](C(=O)N[C@@H](Cc1ccc(O)cc1)C(=O)N[C@@H](CCCN=C(N)N)C(=O)N[C@@H](CCCCN)C(=O)N[C@@H](CCCCN)C(=O)N[C@@H](CCCN=C(N)N)C(=O)O)C(C)C. The van der Waals surface area contributed by atoms with Crippen molar-refractivity contribution in [1.82, 2.24) is 57.8 Å². The van der Waals surface area contributed by atoms with Crippen LogP contribution in [0.4, 0.5) is 0 Å². The molecule has 0 aliphatic carbocycles. The summed E-state index contributed by atoms with van der Waals surface area (Å²) in [6, 6.07) is 7.46. The van der Waals surface area contributed by atoms with E-state index in [4.69, 9.17) is 40.1 Å². The highest BCUT2D eigenvalue weighted by Gasteiger charge is 2.38. The number of aromatic hydroxyl groups is 1. The number of unbranched alkanes of at least 4 members (excludes halogenated alkanes) is 2. The molecule has 3 aromatic carbocycles. The maximum atomic E-state index is 15.1. The van der Waals surface area contributed by atoms with Crippen LogP contribution in [0, 0.1) is 17.8 Å². The Labute approximate surface area is 606 Å². The molecule has 0 radical (unpaired) electrons. The first kappa shape index (κ1) is 84.3. The molecule has 104 heavy (non-hydrogen) atoms. The van der Waals surface area contributed by atoms with Crippen molar-refractivity contribution >= 4 is 92.9 Å². The molecule has 0 saturated heterocycles. The van der Waals surface area contributed by atoms with Gasteiger partial charge in [-0.25, -0.2) is 4.79 Å². The number of carbonyl (C=O) groups is 10. The molecule has 32 heteroatoms. The van der Waals surface area contributed by atoms with Crippen LogP contribution in [0.3, 0.4) is 0 Å². The Balaban J connectivity index is 1.44. The Bertz CT molecular complexity index is 3700. The van der Waals surface area contributed by atoms with Crippen molar-refractivity contribution in [2.45, 2.75) is 198 Å². The third-order valence-corrected chi connectivity index (χ3v) is 17.9. The van der Waals surface area contributed by atoms with Crippen molar-refractivity contribution in [2.24, 2.45) is 67.9 Å². The quantitative estimate of drug-likeness (QED) is 0.0141. The zero-order valence-corrected chi connectivity index (χ0v) is 60.4. The number of nitrogens with one attached hydrogen (secondary N) is 11. The standard InChI is InChI=1S/C72H110N20O12/c1-7-42(6)60(92-66(99)56(34-40(2)3)88-61(94)49(75)36-44-38-82-50-20-10-8-18-47(44)50)69(102)90-58(37-45-39-83-51-21-11-9-19-48(45)51)67(100)91-59(41(4)5)68(101)89-57(35-43-26-28-46(93)29-27-43)65(98)86-54(24-16-32-80-71(76)77)63(96)84-52(22-12-14-30-73)62(95)85-53(23-13-15-31-74)64(97)87-55(70(103)104)25-17-33-81-72(78)79/h8-11,18-21,26-29,38-42,49,52-60,82-83,93H,7,12-17,22-25,30-37,73-75H2,1-6H3,(H,84,96)(H,85,95)(H,86,98)(H,87,97)(H,88,94)(H,89,101)(H,90,102)(H,91,100)(H,92,99)(H,103,104)(H4,76,77,80)(H4,78,79,81)/t42-,49-,52-,53-,54-,55-,56-,57-,58-,59-,60-/m0/s1. The number of guanidine groups is 2. The summed E-state index contributed by atoms with van der Waals surface area (Å²) in [4.78, 5) is 158. The van der Waals surface area contributed by atoms with Crippen molar-refractivity contribution in [2.75, 3.05) is 26.2 Å². The zero-order chi connectivity index (χ0) is 76.6. The van der Waals surface area contributed by atoms with Gasteiger partial charge in [0, 0.05) is 60.1 Å². The average molecular weight is 1450 g/mol. The highest BCUT2D eigenvalue weighted by molar-refractivity contribution is 5.99. The lowest BCUT2D eigenvalue weighted by atomic mass is 9.95. The van der Waals surface area contributed by atoms with Gasteiger partial charge in [0.1, 0.15) is 60.1 Å². The number of benzene rings is 3. The number of aromatic amines is 2. The summed E-state index contributed by atoms with van der Waals surface area (Å²) in [6.07, 6.45) is 5.53. The van der Waals surface area contributed by atoms with E-state index in [0.29, 0.717) is 43.2 Å². The molecule has 0 fully saturated rings. The molecule has 0 unspecified atom stereocenters. The normalized spacial score (nSPS) is 14.5. The largest absolute Gasteiger partial charge is 0.508 e. The van der Waals surface area contributed by atoms with Crippen LogP contribution in [-0.4, -0.2) is 178 Å². The molecule has 32 nitrogen and oxygen atoms in total. The molecule has 570 valence electrons. The topological polar surface area (TPSA) is 558 Å². The van der Waals surface area contributed by atoms with Crippen LogP contribution in [0.5, 0.6) is 5.75 Å². The molecule has 0 aliphatic rings. The number of aromatic nitrogens is 2. The molecule has 9 amide bonds. The van der Waals surface area contributed by atoms with Crippen molar-refractivity contribution in [3.8, 4) is 5.75 Å². The van der Waals surface area contributed by atoms with Gasteiger partial charge in [0.2, 0.25) is 53.2 Å². The highest BCUT2D eigenvalue weighted by Crippen LogP contribution is 2.23. The summed E-state index contributed by atoms with van der Waals surface area (Å²) in [7, 11) is 0. The van der Waals surface area contributed by atoms with Crippen molar-refractivity contribution in [3.63, 3.8) is 0 Å². The first-order valence-electron chi connectivity index (χ1n) is 35.6. The maximum Gasteiger partial charge on any atom is 0.326 e. The van der Waals surface area contributed by atoms with Gasteiger partial charge in [0.25, 0.3) is 0 Å². The van der Waals surface area contributed by atoms with E-state index >= 15 is 14.4 Å². The lowest BCUT2D eigenvalue weighted by Gasteiger charge is -2.30. The smallest absolute Gasteiger partial charge is 0.326 e. The first-order valence-corrected chi connectivity index (χ1v) is 35.6. The van der Waals surface area contributed by atoms with Crippen LogP contribution < -0.4 is 88.0 Å². The number of fused-ring (bicyclic) bond motifs is 2. The molecule has 11 atom stereocenters. The van der Waals surface area contributed by atoms with E-state index < -0.39 is 131 Å². The third-order valence-electron chi connectivity index (χ3n) is 17.9. The number of hydrogen-bond donors (Lipinski definition) is 20. The van der Waals surface area contributed by atoms with Gasteiger partial charge >= 0.3 is 5.97 Å². The summed E-state index contributed by atoms with van der Waals surface area (Å²) in [5, 5.41) is 46.8. The minimum Gasteiger partial charge on any atom is -0.508 e. The summed E-state index contributed by atoms with van der Waals surface area (Å²) < 4.78 is 0. The average Bonchev–Trinajstić information content (AvgIpc) is 1.55. The predicted molar refractivity (Wildman–Crippen MR) is 398 cm³/mol. The Morgan fingerprint density at radius 1 is 0.452 bits per heavy atom. The molecule has 5 aromatic rings. The van der Waals surface area contributed by atoms with Crippen LogP contribution in [0.1, 0.15) is 135 Å². The van der Waals surface area contributed by atoms with E-state index in [1.165, 1.54) is 24.3 Å². The third kappa shape index (κ3) is 27.5. The number of phenols is 1. The molecular formula is C72H110N20O12. The number of nitrogens with zero attached hydrogens (tertiary/aromatic N) is 2. The number of H-pyrrole nitrogens is 2. The Morgan fingerprint density at radius 3 is 1.31 bits per heavy atom. The molecule has 0 aliphatic heterocycles. The monoisotopic (exact) mass is 1450 g/mol. The van der Waals surface area contributed by atoms with Crippen LogP contribution >= 0.6 is 0 Å². The van der Waals surface area contributed by atoms with E-state index in [0.717, 1.165) is 27.4 Å². The van der Waals surface area contributed by atoms with E-state index in [2.05, 4.69) is 67.8 Å². The lowest BCUT2D eigenvalue weighted by molar-refractivity contribution is -0.142. The van der Waals surface area contributed by atoms with Gasteiger partial charge in [0.15, 0.2) is 11.9 Å². The van der Waals surface area contributed by atoms with Crippen molar-refractivity contribution < 1.29 is 58.2 Å². The molecule has 2 aromatic heterocycles. The van der Waals surface area contributed by atoms with E-state index in [9.17, 15) is 43.8 Å². The minimum atomic E-state index is -1.52. The summed E-state index contributed by atoms with van der Waals surface area (Å²) in [5.74, 6) is -10.2.